The molecule has 0 aromatic heterocycles. The Kier molecular flexibility index (Phi) is 7.83. The van der Waals surface area contributed by atoms with Crippen molar-refractivity contribution in [2.24, 2.45) is 0 Å². The maximum absolute atomic E-state index is 12.7. The van der Waals surface area contributed by atoms with Crippen molar-refractivity contribution in [3.8, 4) is 5.75 Å². The maximum Gasteiger partial charge on any atom is 0.254 e. The van der Waals surface area contributed by atoms with Crippen LogP contribution in [0.1, 0.15) is 66.8 Å². The van der Waals surface area contributed by atoms with Gasteiger partial charge in [-0.3, -0.25) is 9.59 Å². The Hall–Kier alpha value is -2.12. The van der Waals surface area contributed by atoms with Gasteiger partial charge in [-0.25, -0.2) is 0 Å². The first kappa shape index (κ1) is 22.2. The van der Waals surface area contributed by atoms with E-state index >= 15 is 0 Å². The lowest BCUT2D eigenvalue weighted by molar-refractivity contribution is -0.139. The van der Waals surface area contributed by atoms with Gasteiger partial charge in [0.2, 0.25) is 0 Å². The maximum atomic E-state index is 12.7. The Labute approximate surface area is 167 Å². The smallest absolute Gasteiger partial charge is 0.254 e. The summed E-state index contributed by atoms with van der Waals surface area (Å²) in [6, 6.07) is 3.42. The summed E-state index contributed by atoms with van der Waals surface area (Å²) in [5.74, 6) is 0.0945. The van der Waals surface area contributed by atoms with Crippen molar-refractivity contribution in [3.05, 3.63) is 28.8 Å². The molecule has 0 bridgehead atoms. The van der Waals surface area contributed by atoms with Gasteiger partial charge in [0.15, 0.2) is 6.29 Å². The lowest BCUT2D eigenvalue weighted by atomic mass is 9.85. The molecule has 1 heterocycles. The first-order chi connectivity index (χ1) is 13.3. The summed E-state index contributed by atoms with van der Waals surface area (Å²) in [5.41, 5.74) is 1.48. The van der Waals surface area contributed by atoms with E-state index < -0.39 is 0 Å². The summed E-state index contributed by atoms with van der Waals surface area (Å²) in [7, 11) is 1.56. The Morgan fingerprint density at radius 3 is 2.46 bits per heavy atom. The molecule has 2 rings (SSSR count). The topological polar surface area (TPSA) is 85.9 Å². The molecule has 1 aromatic carbocycles. The van der Waals surface area contributed by atoms with Crippen LogP contribution in [-0.2, 0) is 14.9 Å². The van der Waals surface area contributed by atoms with Crippen LogP contribution in [0.15, 0.2) is 12.1 Å². The van der Waals surface area contributed by atoms with E-state index in [0.29, 0.717) is 49.7 Å². The normalized spacial score (nSPS) is 14.5. The van der Waals surface area contributed by atoms with Crippen LogP contribution in [-0.4, -0.2) is 51.5 Å². The number of amides is 2. The van der Waals surface area contributed by atoms with Crippen molar-refractivity contribution in [2.45, 2.75) is 52.2 Å². The van der Waals surface area contributed by atoms with Gasteiger partial charge in [0.05, 0.1) is 12.2 Å². The number of fused-ring (bicyclic) bond motifs is 1. The molecule has 0 atom stereocenters. The number of rotatable bonds is 10. The molecule has 0 fully saturated rings. The van der Waals surface area contributed by atoms with Crippen molar-refractivity contribution >= 4 is 11.8 Å². The average Bonchev–Trinajstić information content (AvgIpc) is 2.98. The zero-order chi connectivity index (χ0) is 20.7. The number of ether oxygens (including phenoxy) is 3. The van der Waals surface area contributed by atoms with Gasteiger partial charge in [-0.1, -0.05) is 13.8 Å². The highest BCUT2D eigenvalue weighted by Gasteiger charge is 2.35. The van der Waals surface area contributed by atoms with Crippen LogP contribution in [0.25, 0.3) is 0 Å². The van der Waals surface area contributed by atoms with Gasteiger partial charge in [-0.15, -0.1) is 0 Å². The van der Waals surface area contributed by atoms with Crippen LogP contribution in [0.4, 0.5) is 0 Å². The van der Waals surface area contributed by atoms with Crippen molar-refractivity contribution in [1.82, 2.24) is 10.6 Å². The number of nitrogens with one attached hydrogen (secondary N) is 2. The fourth-order valence-electron chi connectivity index (χ4n) is 3.21. The largest absolute Gasteiger partial charge is 0.492 e. The van der Waals surface area contributed by atoms with E-state index in [-0.39, 0.29) is 23.5 Å². The molecule has 2 amide bonds. The van der Waals surface area contributed by atoms with E-state index in [0.717, 1.165) is 12.0 Å². The van der Waals surface area contributed by atoms with Gasteiger partial charge in [0, 0.05) is 49.8 Å². The van der Waals surface area contributed by atoms with E-state index in [9.17, 15) is 9.59 Å². The molecule has 0 spiro atoms. The van der Waals surface area contributed by atoms with Crippen LogP contribution in [0.2, 0.25) is 0 Å². The molecule has 0 radical (unpaired) electrons. The van der Waals surface area contributed by atoms with Crippen molar-refractivity contribution in [2.75, 3.05) is 33.4 Å². The highest BCUT2D eigenvalue weighted by Crippen LogP contribution is 2.41. The monoisotopic (exact) mass is 392 g/mol. The van der Waals surface area contributed by atoms with Crippen molar-refractivity contribution in [1.29, 1.82) is 0 Å². The number of hydrogen-bond donors (Lipinski definition) is 2. The summed E-state index contributed by atoms with van der Waals surface area (Å²) in [6.07, 6.45) is 1.19. The molecule has 1 aromatic rings. The zero-order valence-electron chi connectivity index (χ0n) is 17.5. The second kappa shape index (κ2) is 9.89. The van der Waals surface area contributed by atoms with Gasteiger partial charge < -0.3 is 24.8 Å². The second-order valence-electron chi connectivity index (χ2n) is 7.39. The minimum Gasteiger partial charge on any atom is -0.492 e. The molecule has 0 saturated heterocycles. The quantitative estimate of drug-likeness (QED) is 0.472. The molecule has 2 N–H and O–H groups in total. The van der Waals surface area contributed by atoms with Crippen molar-refractivity contribution < 1.29 is 23.8 Å². The molecule has 0 unspecified atom stereocenters. The van der Waals surface area contributed by atoms with Crippen LogP contribution >= 0.6 is 0 Å². The highest BCUT2D eigenvalue weighted by atomic mass is 16.7. The Bertz CT molecular complexity index is 696. The molecule has 7 heteroatoms. The SMILES string of the molecule is CCOC(CCCNC(=O)c1cc(C(=O)NC)c2c(c1)C(C)(C)CO2)OCC. The molecule has 0 saturated carbocycles. The van der Waals surface area contributed by atoms with Gasteiger partial charge in [-0.2, -0.15) is 0 Å². The van der Waals surface area contributed by atoms with E-state index in [4.69, 9.17) is 14.2 Å². The number of hydrogen-bond acceptors (Lipinski definition) is 5. The van der Waals surface area contributed by atoms with E-state index in [1.165, 1.54) is 0 Å². The first-order valence-corrected chi connectivity index (χ1v) is 9.88. The third-order valence-corrected chi connectivity index (χ3v) is 4.74. The molecular formula is C21H32N2O5. The zero-order valence-corrected chi connectivity index (χ0v) is 17.5. The van der Waals surface area contributed by atoms with Crippen molar-refractivity contribution in [3.63, 3.8) is 0 Å². The molecule has 7 nitrogen and oxygen atoms in total. The van der Waals surface area contributed by atoms with Gasteiger partial charge in [0.1, 0.15) is 5.75 Å². The van der Waals surface area contributed by atoms with Crippen LogP contribution in [0.3, 0.4) is 0 Å². The summed E-state index contributed by atoms with van der Waals surface area (Å²) in [4.78, 5) is 24.9. The fourth-order valence-corrected chi connectivity index (χ4v) is 3.21. The molecule has 0 aliphatic carbocycles. The summed E-state index contributed by atoms with van der Waals surface area (Å²) < 4.78 is 16.8. The molecule has 1 aliphatic rings. The lowest BCUT2D eigenvalue weighted by Crippen LogP contribution is -2.27. The Morgan fingerprint density at radius 1 is 1.18 bits per heavy atom. The Morgan fingerprint density at radius 2 is 1.86 bits per heavy atom. The summed E-state index contributed by atoms with van der Waals surface area (Å²) in [5, 5.41) is 5.53. The third-order valence-electron chi connectivity index (χ3n) is 4.74. The average molecular weight is 392 g/mol. The highest BCUT2D eigenvalue weighted by molar-refractivity contribution is 6.02. The minimum atomic E-state index is -0.264. The van der Waals surface area contributed by atoms with Crippen LogP contribution in [0, 0.1) is 0 Å². The van der Waals surface area contributed by atoms with E-state index in [2.05, 4.69) is 10.6 Å². The van der Waals surface area contributed by atoms with Crippen LogP contribution < -0.4 is 15.4 Å². The molecule has 1 aliphatic heterocycles. The van der Waals surface area contributed by atoms with Gasteiger partial charge in [-0.05, 0) is 32.4 Å². The minimum absolute atomic E-state index is 0.208. The predicted octanol–water partition coefficient (Wildman–Crippen LogP) is 2.63. The molecular weight excluding hydrogens is 360 g/mol. The van der Waals surface area contributed by atoms with Crippen LogP contribution in [0.5, 0.6) is 5.75 Å². The summed E-state index contributed by atoms with van der Waals surface area (Å²) >= 11 is 0. The third kappa shape index (κ3) is 5.23. The van der Waals surface area contributed by atoms with Gasteiger partial charge in [0.25, 0.3) is 11.8 Å². The second-order valence-corrected chi connectivity index (χ2v) is 7.39. The molecule has 28 heavy (non-hydrogen) atoms. The molecule has 156 valence electrons. The number of carbonyl (C=O) groups excluding carboxylic acids is 2. The van der Waals surface area contributed by atoms with Gasteiger partial charge >= 0.3 is 0 Å². The number of benzene rings is 1. The fraction of sp³-hybridized carbons (Fsp3) is 0.619. The van der Waals surface area contributed by atoms with E-state index in [1.807, 2.05) is 33.8 Å². The van der Waals surface area contributed by atoms with E-state index in [1.54, 1.807) is 13.1 Å². The number of carbonyl (C=O) groups is 2. The standard InChI is InChI=1S/C21H32N2O5/c1-6-26-17(27-7-2)9-8-10-23-19(24)14-11-15(20(25)22-5)18-16(12-14)21(3,4)13-28-18/h11-12,17H,6-10,13H2,1-5H3,(H,22,25)(H,23,24). The summed E-state index contributed by atoms with van der Waals surface area (Å²) in [6.45, 7) is 10.1. The Balaban J connectivity index is 2.06. The first-order valence-electron chi connectivity index (χ1n) is 9.88. The lowest BCUT2D eigenvalue weighted by Gasteiger charge is -2.18. The predicted molar refractivity (Wildman–Crippen MR) is 107 cm³/mol.